The third-order valence-corrected chi connectivity index (χ3v) is 7.34. The van der Waals surface area contributed by atoms with Gasteiger partial charge in [-0.25, -0.2) is 4.79 Å². The zero-order valence-electron chi connectivity index (χ0n) is 12.0. The summed E-state index contributed by atoms with van der Waals surface area (Å²) in [7, 11) is -0.322. The Morgan fingerprint density at radius 1 is 1.35 bits per heavy atom. The second kappa shape index (κ2) is 6.19. The van der Waals surface area contributed by atoms with Crippen molar-refractivity contribution in [1.82, 2.24) is 0 Å². The molecule has 0 saturated carbocycles. The van der Waals surface area contributed by atoms with E-state index < -0.39 is 7.26 Å². The molecule has 3 heteroatoms. The molecule has 20 heavy (non-hydrogen) atoms. The number of carbonyl (C=O) groups is 1. The molecule has 1 unspecified atom stereocenters. The molecule has 0 heterocycles. The minimum absolute atomic E-state index is 0.157. The van der Waals surface area contributed by atoms with Crippen molar-refractivity contribution in [2.45, 2.75) is 6.42 Å². The fourth-order valence-corrected chi connectivity index (χ4v) is 5.41. The molecule has 1 aliphatic rings. The van der Waals surface area contributed by atoms with Crippen LogP contribution in [-0.2, 0) is 9.53 Å². The number of hydrogen-bond donors (Lipinski definition) is 0. The summed E-state index contributed by atoms with van der Waals surface area (Å²) in [6, 6.07) is 10.2. The second-order valence-electron chi connectivity index (χ2n) is 5.10. The van der Waals surface area contributed by atoms with Gasteiger partial charge in [0.1, 0.15) is 0 Å². The quantitative estimate of drug-likeness (QED) is 0.625. The van der Waals surface area contributed by atoms with Crippen molar-refractivity contribution >= 4 is 18.5 Å². The van der Waals surface area contributed by atoms with Gasteiger partial charge in [-0.15, -0.1) is 0 Å². The molecule has 0 amide bonds. The Labute approximate surface area is 121 Å². The molecule has 1 atom stereocenters. The van der Waals surface area contributed by atoms with E-state index in [1.54, 1.807) is 0 Å². The first-order chi connectivity index (χ1) is 9.56. The first kappa shape index (κ1) is 14.7. The molecule has 0 aromatic heterocycles. The number of allylic oxidation sites excluding steroid dienone is 5. The lowest BCUT2D eigenvalue weighted by atomic mass is 10.1. The van der Waals surface area contributed by atoms with Gasteiger partial charge in [-0.05, 0) is 36.3 Å². The highest BCUT2D eigenvalue weighted by Gasteiger charge is 2.41. The Morgan fingerprint density at radius 3 is 2.65 bits per heavy atom. The number of hydrogen-bond acceptors (Lipinski definition) is 2. The molecule has 0 radical (unpaired) electrons. The van der Waals surface area contributed by atoms with E-state index in [1.165, 1.54) is 17.7 Å². The first-order valence-corrected chi connectivity index (χ1v) is 9.03. The summed E-state index contributed by atoms with van der Waals surface area (Å²) in [5, 5.41) is 2.43. The van der Waals surface area contributed by atoms with Crippen molar-refractivity contribution in [3.05, 3.63) is 66.0 Å². The molecule has 0 bridgehead atoms. The van der Waals surface area contributed by atoms with E-state index in [-0.39, 0.29) is 5.97 Å². The van der Waals surface area contributed by atoms with E-state index in [2.05, 4.69) is 43.6 Å². The van der Waals surface area contributed by atoms with Crippen LogP contribution in [0, 0.1) is 0 Å². The fourth-order valence-electron chi connectivity index (χ4n) is 2.37. The molecule has 104 valence electrons. The summed E-state index contributed by atoms with van der Waals surface area (Å²) in [6.07, 6.45) is 7.70. The monoisotopic (exact) mass is 287 g/mol. The fraction of sp³-hybridized carbons (Fsp3) is 0.235. The van der Waals surface area contributed by atoms with E-state index >= 15 is 0 Å². The van der Waals surface area contributed by atoms with Crippen molar-refractivity contribution in [3.8, 4) is 0 Å². The molecule has 0 N–H and O–H groups in total. The third kappa shape index (κ3) is 3.08. The molecule has 0 fully saturated rings. The molecule has 2 rings (SSSR count). The number of carbonyl (C=O) groups excluding carboxylic acids is 1. The number of esters is 1. The van der Waals surface area contributed by atoms with Crippen LogP contribution >= 0.6 is 7.26 Å². The Morgan fingerprint density at radius 2 is 2.05 bits per heavy atom. The molecule has 0 spiro atoms. The molecule has 0 aliphatic heterocycles. The molecule has 1 aromatic rings. The van der Waals surface area contributed by atoms with Gasteiger partial charge in [-0.1, -0.05) is 30.9 Å². The van der Waals surface area contributed by atoms with Crippen molar-refractivity contribution in [2.75, 3.05) is 19.9 Å². The highest BCUT2D eigenvalue weighted by atomic mass is 31.2. The number of methoxy groups -OCH3 is 1. The van der Waals surface area contributed by atoms with E-state index in [0.717, 1.165) is 12.0 Å². The summed E-state index contributed by atoms with van der Waals surface area (Å²) < 4.78 is 4.90. The van der Waals surface area contributed by atoms with Crippen LogP contribution in [0.25, 0.3) is 0 Å². The lowest BCUT2D eigenvalue weighted by Crippen LogP contribution is -2.21. The van der Waals surface area contributed by atoms with Gasteiger partial charge in [-0.3, -0.25) is 0 Å². The van der Waals surface area contributed by atoms with Crippen molar-refractivity contribution in [1.29, 1.82) is 0 Å². The van der Waals surface area contributed by atoms with Crippen LogP contribution in [0.1, 0.15) is 6.42 Å². The zero-order valence-corrected chi connectivity index (χ0v) is 12.9. The Bertz CT molecular complexity index is 572. The lowest BCUT2D eigenvalue weighted by molar-refractivity contribution is -0.137. The van der Waals surface area contributed by atoms with E-state index in [4.69, 9.17) is 4.74 Å². The molecule has 0 saturated heterocycles. The van der Waals surface area contributed by atoms with Gasteiger partial charge in [0.05, 0.1) is 31.7 Å². The lowest BCUT2D eigenvalue weighted by Gasteiger charge is -2.24. The molecule has 2 nitrogen and oxygen atoms in total. The summed E-state index contributed by atoms with van der Waals surface area (Å²) in [6.45, 7) is 6.23. The van der Waals surface area contributed by atoms with Crippen LogP contribution < -0.4 is 5.30 Å². The highest BCUT2D eigenvalue weighted by Crippen LogP contribution is 2.62. The Kier molecular flexibility index (Phi) is 4.57. The minimum Gasteiger partial charge on any atom is -0.466 e. The summed E-state index contributed by atoms with van der Waals surface area (Å²) in [5.41, 5.74) is 1.09. The van der Waals surface area contributed by atoms with Crippen LogP contribution in [-0.4, -0.2) is 25.9 Å². The van der Waals surface area contributed by atoms with E-state index in [1.807, 2.05) is 18.2 Å². The topological polar surface area (TPSA) is 26.3 Å². The Balaban J connectivity index is 2.46. The standard InChI is InChI=1S/C17H20O2P/c1-14-8-7-11-16(12-14)20(3,13-17(18)19-2)15-9-5-4-6-10-15/h4-7,9-12H,1,8,13H2,2-3H3/q+1. The summed E-state index contributed by atoms with van der Waals surface area (Å²) >= 11 is 0. The summed E-state index contributed by atoms with van der Waals surface area (Å²) in [4.78, 5) is 11.9. The minimum atomic E-state index is -1.77. The van der Waals surface area contributed by atoms with Crippen LogP contribution in [0.4, 0.5) is 0 Å². The maximum absolute atomic E-state index is 11.9. The number of benzene rings is 1. The van der Waals surface area contributed by atoms with Crippen LogP contribution in [0.15, 0.2) is 66.0 Å². The molecular weight excluding hydrogens is 267 g/mol. The van der Waals surface area contributed by atoms with Gasteiger partial charge in [-0.2, -0.15) is 0 Å². The Hall–Kier alpha value is -1.66. The van der Waals surface area contributed by atoms with Crippen molar-refractivity contribution in [3.63, 3.8) is 0 Å². The van der Waals surface area contributed by atoms with Crippen LogP contribution in [0.3, 0.4) is 0 Å². The van der Waals surface area contributed by atoms with Gasteiger partial charge in [0.25, 0.3) is 0 Å². The van der Waals surface area contributed by atoms with E-state index in [9.17, 15) is 4.79 Å². The van der Waals surface area contributed by atoms with Gasteiger partial charge in [0.15, 0.2) is 6.16 Å². The van der Waals surface area contributed by atoms with Crippen molar-refractivity contribution < 1.29 is 9.53 Å². The predicted octanol–water partition coefficient (Wildman–Crippen LogP) is 3.53. The smallest absolute Gasteiger partial charge is 0.344 e. The third-order valence-electron chi connectivity index (χ3n) is 3.59. The average Bonchev–Trinajstić information content (AvgIpc) is 2.48. The van der Waals surface area contributed by atoms with Crippen LogP contribution in [0.2, 0.25) is 0 Å². The van der Waals surface area contributed by atoms with Crippen LogP contribution in [0.5, 0.6) is 0 Å². The first-order valence-electron chi connectivity index (χ1n) is 6.61. The SMILES string of the molecule is C=C1C=C([P+](C)(CC(=O)OC)c2ccccc2)C=CC1. The van der Waals surface area contributed by atoms with Gasteiger partial charge in [0, 0.05) is 0 Å². The number of rotatable bonds is 4. The highest BCUT2D eigenvalue weighted by molar-refractivity contribution is 7.86. The average molecular weight is 287 g/mol. The largest absolute Gasteiger partial charge is 0.466 e. The predicted molar refractivity (Wildman–Crippen MR) is 86.8 cm³/mol. The van der Waals surface area contributed by atoms with Gasteiger partial charge in [0.2, 0.25) is 0 Å². The van der Waals surface area contributed by atoms with Crippen molar-refractivity contribution in [2.24, 2.45) is 0 Å². The molecule has 1 aromatic carbocycles. The second-order valence-corrected chi connectivity index (χ2v) is 8.83. The van der Waals surface area contributed by atoms with Gasteiger partial charge >= 0.3 is 5.97 Å². The normalized spacial score (nSPS) is 17.3. The maximum Gasteiger partial charge on any atom is 0.344 e. The van der Waals surface area contributed by atoms with E-state index in [0.29, 0.717) is 6.16 Å². The molecule has 1 aliphatic carbocycles. The molecular formula is C17H20O2P+. The zero-order chi connectivity index (χ0) is 14.6. The number of ether oxygens (including phenoxy) is 1. The maximum atomic E-state index is 11.9. The summed E-state index contributed by atoms with van der Waals surface area (Å²) in [5.74, 6) is -0.157. The van der Waals surface area contributed by atoms with Gasteiger partial charge < -0.3 is 4.74 Å².